The third kappa shape index (κ3) is 11.9. The van der Waals surface area contributed by atoms with Gasteiger partial charge in [0.1, 0.15) is 11.5 Å². The van der Waals surface area contributed by atoms with Gasteiger partial charge in [-0.25, -0.2) is 0 Å². The lowest BCUT2D eigenvalue weighted by atomic mass is 9.58. The van der Waals surface area contributed by atoms with E-state index in [1.54, 1.807) is 0 Å². The minimum absolute atomic E-state index is 0.0339. The fourth-order valence-electron chi connectivity index (χ4n) is 7.80. The summed E-state index contributed by atoms with van der Waals surface area (Å²) in [4.78, 5) is 25.3. The zero-order valence-corrected chi connectivity index (χ0v) is 30.9. The number of aliphatic carboxylic acids is 2. The molecule has 1 saturated carbocycles. The molecule has 3 fully saturated rings. The quantitative estimate of drug-likeness (QED) is 0.114. The normalized spacial score (nSPS) is 25.0. The van der Waals surface area contributed by atoms with Gasteiger partial charge in [0.25, 0.3) is 0 Å². The summed E-state index contributed by atoms with van der Waals surface area (Å²) in [5.41, 5.74) is 0.212. The molecule has 0 radical (unpaired) electrons. The Kier molecular flexibility index (Phi) is 16.5. The van der Waals surface area contributed by atoms with E-state index in [4.69, 9.17) is 28.4 Å². The Hall–Kier alpha value is -3.18. The van der Waals surface area contributed by atoms with Crippen molar-refractivity contribution >= 4 is 11.9 Å². The Morgan fingerprint density at radius 3 is 1.60 bits per heavy atom. The summed E-state index contributed by atoms with van der Waals surface area (Å²) in [6.07, 6.45) is 15.3. The number of carbonyl (C=O) groups is 2. The molecule has 52 heavy (non-hydrogen) atoms. The van der Waals surface area contributed by atoms with Crippen LogP contribution in [0.5, 0.6) is 11.5 Å². The second-order valence-electron chi connectivity index (χ2n) is 14.6. The average Bonchev–Trinajstić information content (AvgIpc) is 3.18. The molecule has 10 heteroatoms. The second-order valence-corrected chi connectivity index (χ2v) is 14.6. The van der Waals surface area contributed by atoms with Crippen LogP contribution >= 0.6 is 0 Å². The molecule has 0 amide bonds. The van der Waals surface area contributed by atoms with E-state index in [0.717, 1.165) is 115 Å². The fraction of sp³-hybridized carbons (Fsp3) is 0.667. The summed E-state index contributed by atoms with van der Waals surface area (Å²) in [7, 11) is 0. The lowest BCUT2D eigenvalue weighted by molar-refractivity contribution is -0.163. The highest BCUT2D eigenvalue weighted by atomic mass is 16.7. The number of hydrogen-bond donors (Lipinski definition) is 2. The Labute approximate surface area is 309 Å². The van der Waals surface area contributed by atoms with Gasteiger partial charge in [-0.2, -0.15) is 0 Å². The topological polar surface area (TPSA) is 130 Å². The van der Waals surface area contributed by atoms with Crippen molar-refractivity contribution in [3.05, 3.63) is 59.7 Å². The number of carboxylic acids is 2. The highest BCUT2D eigenvalue weighted by molar-refractivity contribution is 5.84. The molecule has 2 aromatic rings. The van der Waals surface area contributed by atoms with Crippen molar-refractivity contribution in [3.63, 3.8) is 0 Å². The van der Waals surface area contributed by atoms with Crippen LogP contribution in [0.1, 0.15) is 126 Å². The van der Waals surface area contributed by atoms with Crippen LogP contribution in [0.4, 0.5) is 0 Å². The summed E-state index contributed by atoms with van der Waals surface area (Å²) in [5, 5.41) is 20.7. The van der Waals surface area contributed by atoms with Gasteiger partial charge in [0.15, 0.2) is 12.6 Å². The molecule has 0 aromatic heterocycles. The van der Waals surface area contributed by atoms with Crippen LogP contribution < -0.4 is 9.47 Å². The lowest BCUT2D eigenvalue weighted by Crippen LogP contribution is -2.46. The highest BCUT2D eigenvalue weighted by Gasteiger charge is 2.52. The van der Waals surface area contributed by atoms with Gasteiger partial charge in [-0.3, -0.25) is 9.59 Å². The van der Waals surface area contributed by atoms with E-state index in [1.807, 2.05) is 48.5 Å². The number of carboxylic acid groups (broad SMARTS) is 2. The van der Waals surface area contributed by atoms with E-state index in [1.165, 1.54) is 12.8 Å². The van der Waals surface area contributed by atoms with Gasteiger partial charge in [-0.1, -0.05) is 37.1 Å². The van der Waals surface area contributed by atoms with Crippen LogP contribution in [0.2, 0.25) is 0 Å². The Morgan fingerprint density at radius 2 is 1.13 bits per heavy atom. The van der Waals surface area contributed by atoms with Crippen molar-refractivity contribution in [1.82, 2.24) is 0 Å². The number of unbranched alkanes of at least 4 members (excludes halogenated alkanes) is 6. The maximum absolute atomic E-state index is 13.2. The standard InChI is InChI=1S/C42H60O10/c43-40(44)33-23-24-42(41(45)46,34-17-21-36(22-18-34)48-26-8-2-4-10-28-50-39-14-6-12-30-52-39)37(31-33)32-15-19-35(20-16-32)47-25-7-1-3-9-27-49-38-13-5-11-29-51-38/h15-22,33,37-39H,1-14,23-31H2,(H,43,44)(H,45,46)/t33-,37?,38?,39?,42+/m1/s1. The van der Waals surface area contributed by atoms with Crippen LogP contribution in [0.25, 0.3) is 0 Å². The van der Waals surface area contributed by atoms with Crippen LogP contribution in [-0.4, -0.2) is 74.4 Å². The highest BCUT2D eigenvalue weighted by Crippen LogP contribution is 2.51. The zero-order chi connectivity index (χ0) is 36.4. The van der Waals surface area contributed by atoms with E-state index in [9.17, 15) is 19.8 Å². The van der Waals surface area contributed by atoms with E-state index in [0.29, 0.717) is 30.9 Å². The Balaban J connectivity index is 1.09. The average molecular weight is 725 g/mol. The van der Waals surface area contributed by atoms with Crippen molar-refractivity contribution in [2.45, 2.75) is 133 Å². The van der Waals surface area contributed by atoms with Crippen LogP contribution in [-0.2, 0) is 34.0 Å². The largest absolute Gasteiger partial charge is 0.494 e. The first-order chi connectivity index (χ1) is 25.5. The predicted molar refractivity (Wildman–Crippen MR) is 197 cm³/mol. The van der Waals surface area contributed by atoms with Crippen molar-refractivity contribution < 1.29 is 48.2 Å². The number of rotatable bonds is 22. The van der Waals surface area contributed by atoms with E-state index >= 15 is 0 Å². The van der Waals surface area contributed by atoms with Gasteiger partial charge >= 0.3 is 11.9 Å². The van der Waals surface area contributed by atoms with E-state index in [-0.39, 0.29) is 25.4 Å². The molecule has 2 N–H and O–H groups in total. The molecule has 2 aromatic carbocycles. The number of ether oxygens (including phenoxy) is 6. The molecule has 2 saturated heterocycles. The maximum Gasteiger partial charge on any atom is 0.314 e. The minimum Gasteiger partial charge on any atom is -0.494 e. The van der Waals surface area contributed by atoms with Crippen LogP contribution in [0.3, 0.4) is 0 Å². The molecular weight excluding hydrogens is 664 g/mol. The lowest BCUT2D eigenvalue weighted by Gasteiger charge is -2.43. The first-order valence-electron chi connectivity index (χ1n) is 19.8. The van der Waals surface area contributed by atoms with E-state index < -0.39 is 29.2 Å². The molecular formula is C42H60O10. The first-order valence-corrected chi connectivity index (χ1v) is 19.8. The molecule has 5 atom stereocenters. The zero-order valence-electron chi connectivity index (χ0n) is 30.9. The predicted octanol–water partition coefficient (Wildman–Crippen LogP) is 8.64. The molecule has 2 aliphatic heterocycles. The number of benzene rings is 2. The van der Waals surface area contributed by atoms with E-state index in [2.05, 4.69) is 0 Å². The molecule has 2 heterocycles. The van der Waals surface area contributed by atoms with Crippen LogP contribution in [0.15, 0.2) is 48.5 Å². The molecule has 0 spiro atoms. The van der Waals surface area contributed by atoms with Gasteiger partial charge in [0.05, 0.1) is 24.5 Å². The number of hydrogen-bond acceptors (Lipinski definition) is 8. The van der Waals surface area contributed by atoms with Crippen molar-refractivity contribution in [2.75, 3.05) is 39.6 Å². The van der Waals surface area contributed by atoms with Crippen molar-refractivity contribution in [3.8, 4) is 11.5 Å². The van der Waals surface area contributed by atoms with Crippen molar-refractivity contribution in [1.29, 1.82) is 0 Å². The van der Waals surface area contributed by atoms with Crippen molar-refractivity contribution in [2.24, 2.45) is 5.92 Å². The molecule has 1 aliphatic carbocycles. The van der Waals surface area contributed by atoms with Gasteiger partial charge < -0.3 is 38.6 Å². The van der Waals surface area contributed by atoms with Gasteiger partial charge in [-0.05, 0) is 132 Å². The Morgan fingerprint density at radius 1 is 0.635 bits per heavy atom. The Bertz CT molecular complexity index is 1320. The maximum atomic E-state index is 13.2. The molecule has 3 unspecified atom stereocenters. The molecule has 0 bridgehead atoms. The molecule has 5 rings (SSSR count). The molecule has 288 valence electrons. The summed E-state index contributed by atoms with van der Waals surface area (Å²) in [6.45, 7) is 4.21. The summed E-state index contributed by atoms with van der Waals surface area (Å²) < 4.78 is 34.9. The third-order valence-electron chi connectivity index (χ3n) is 10.9. The summed E-state index contributed by atoms with van der Waals surface area (Å²) >= 11 is 0. The SMILES string of the molecule is O=C(O)[C@@H]1CC[C@](C(=O)O)(c2ccc(OCCCCCCOC3CCCCO3)cc2)C(c2ccc(OCCCCCCOC3CCCCO3)cc2)C1. The molecule has 10 nitrogen and oxygen atoms in total. The fourth-order valence-corrected chi connectivity index (χ4v) is 7.80. The monoisotopic (exact) mass is 724 g/mol. The first kappa shape index (κ1) is 40.0. The summed E-state index contributed by atoms with van der Waals surface area (Å²) in [5.74, 6) is -1.53. The second kappa shape index (κ2) is 21.5. The van der Waals surface area contributed by atoms with Gasteiger partial charge in [0, 0.05) is 32.3 Å². The molecule has 3 aliphatic rings. The third-order valence-corrected chi connectivity index (χ3v) is 10.9. The summed E-state index contributed by atoms with van der Waals surface area (Å²) in [6, 6.07) is 14.9. The smallest absolute Gasteiger partial charge is 0.314 e. The minimum atomic E-state index is -1.26. The van der Waals surface area contributed by atoms with Gasteiger partial charge in [0.2, 0.25) is 0 Å². The van der Waals surface area contributed by atoms with Crippen LogP contribution in [0, 0.1) is 5.92 Å². The van der Waals surface area contributed by atoms with Gasteiger partial charge in [-0.15, -0.1) is 0 Å².